The van der Waals surface area contributed by atoms with Crippen molar-refractivity contribution in [3.05, 3.63) is 0 Å². The minimum Gasteiger partial charge on any atom is -0.374 e. The van der Waals surface area contributed by atoms with Gasteiger partial charge in [0.25, 0.3) is 0 Å². The number of quaternary nitrogens is 1. The van der Waals surface area contributed by atoms with Gasteiger partial charge in [-0.2, -0.15) is 0 Å². The van der Waals surface area contributed by atoms with Gasteiger partial charge in [0.05, 0.1) is 26.6 Å². The molecule has 0 aliphatic carbocycles. The molecule has 0 aromatic carbocycles. The van der Waals surface area contributed by atoms with Gasteiger partial charge in [0.2, 0.25) is 0 Å². The summed E-state index contributed by atoms with van der Waals surface area (Å²) in [5.41, 5.74) is 0. The summed E-state index contributed by atoms with van der Waals surface area (Å²) in [5.74, 6) is 0. The third-order valence-corrected chi connectivity index (χ3v) is 8.06. The molecule has 4 aliphatic heterocycles. The van der Waals surface area contributed by atoms with Crippen LogP contribution in [0.1, 0.15) is 27.2 Å². The first-order valence-electron chi connectivity index (χ1n) is 9.06. The van der Waals surface area contributed by atoms with E-state index in [-0.39, 0.29) is 0 Å². The Kier molecular flexibility index (Phi) is 5.75. The molecule has 4 aliphatic rings. The van der Waals surface area contributed by atoms with Gasteiger partial charge in [0, 0.05) is 32.3 Å². The lowest BCUT2D eigenvalue weighted by Gasteiger charge is -2.60. The van der Waals surface area contributed by atoms with Crippen molar-refractivity contribution in [2.75, 3.05) is 66.4 Å². The second kappa shape index (κ2) is 7.45. The summed E-state index contributed by atoms with van der Waals surface area (Å²) in [6.07, 6.45) is 1.11. The van der Waals surface area contributed by atoms with Gasteiger partial charge in [-0.1, -0.05) is 0 Å². The molecule has 0 amide bonds. The zero-order valence-electron chi connectivity index (χ0n) is 15.0. The zero-order valence-corrected chi connectivity index (χ0v) is 16.0. The van der Waals surface area contributed by atoms with Gasteiger partial charge in [-0.15, -0.1) is 0 Å². The van der Waals surface area contributed by atoms with Gasteiger partial charge < -0.3 is 13.3 Å². The maximum atomic E-state index is 5.99. The molecule has 0 aromatic rings. The van der Waals surface area contributed by atoms with E-state index in [2.05, 4.69) is 14.7 Å². The third-order valence-electron chi connectivity index (χ3n) is 4.91. The molecule has 4 bridgehead atoms. The Hall–Kier alpha value is -0.0631. The average molecular weight is 346 g/mol. The molecule has 8 heteroatoms. The Labute approximate surface area is 141 Å². The maximum Gasteiger partial charge on any atom is 0.501 e. The summed E-state index contributed by atoms with van der Waals surface area (Å²) in [6, 6.07) is 0.933. The van der Waals surface area contributed by atoms with Gasteiger partial charge in [0.1, 0.15) is 20.0 Å². The van der Waals surface area contributed by atoms with Crippen LogP contribution in [0.5, 0.6) is 0 Å². The zero-order chi connectivity index (χ0) is 16.3. The van der Waals surface area contributed by atoms with Gasteiger partial charge in [-0.3, -0.25) is 4.48 Å². The lowest BCUT2D eigenvalue weighted by Crippen LogP contribution is -2.79. The molecule has 4 saturated heterocycles. The molecule has 4 fully saturated rings. The van der Waals surface area contributed by atoms with E-state index in [1.807, 2.05) is 20.8 Å². The molecule has 0 unspecified atom stereocenters. The highest BCUT2D eigenvalue weighted by molar-refractivity contribution is 6.60. The van der Waals surface area contributed by atoms with Gasteiger partial charge in [0.15, 0.2) is 0 Å². The molecule has 0 aromatic heterocycles. The summed E-state index contributed by atoms with van der Waals surface area (Å²) in [5, 5.41) is 0. The topological polar surface area (TPSA) is 37.4 Å². The van der Waals surface area contributed by atoms with Crippen LogP contribution in [0.4, 0.5) is 0 Å². The molecule has 4 heterocycles. The van der Waals surface area contributed by atoms with E-state index >= 15 is 0 Å². The highest BCUT2D eigenvalue weighted by atomic mass is 28.4. The Balaban J connectivity index is 1.56. The molecule has 0 atom stereocenters. The summed E-state index contributed by atoms with van der Waals surface area (Å²) >= 11 is 0. The van der Waals surface area contributed by atoms with Gasteiger partial charge >= 0.3 is 8.80 Å². The van der Waals surface area contributed by atoms with Crippen molar-refractivity contribution in [1.29, 1.82) is 0 Å². The van der Waals surface area contributed by atoms with E-state index in [9.17, 15) is 0 Å². The fourth-order valence-electron chi connectivity index (χ4n) is 4.50. The predicted octanol–water partition coefficient (Wildman–Crippen LogP) is 0.934. The number of hydrogen-bond donors (Lipinski definition) is 0. The van der Waals surface area contributed by atoms with Crippen molar-refractivity contribution in [1.82, 2.24) is 14.7 Å². The fourth-order valence-corrected chi connectivity index (χ4v) is 7.10. The van der Waals surface area contributed by atoms with Crippen molar-refractivity contribution in [2.45, 2.75) is 33.2 Å². The van der Waals surface area contributed by atoms with Crippen LogP contribution in [0.15, 0.2) is 0 Å². The van der Waals surface area contributed by atoms with Crippen LogP contribution in [0.3, 0.4) is 0 Å². The van der Waals surface area contributed by atoms with E-state index in [1.54, 1.807) is 0 Å². The summed E-state index contributed by atoms with van der Waals surface area (Å²) in [4.78, 5) is 7.69. The molecule has 7 nitrogen and oxygen atoms in total. The normalized spacial score (nSPS) is 35.9. The summed E-state index contributed by atoms with van der Waals surface area (Å²) < 4.78 is 19.1. The Morgan fingerprint density at radius 2 is 1.22 bits per heavy atom. The van der Waals surface area contributed by atoms with E-state index in [4.69, 9.17) is 13.3 Å². The highest BCUT2D eigenvalue weighted by Gasteiger charge is 2.49. The van der Waals surface area contributed by atoms with Crippen LogP contribution in [0, 0.1) is 0 Å². The first-order chi connectivity index (χ1) is 11.1. The number of nitrogens with zero attached hydrogens (tertiary/aromatic N) is 4. The molecule has 0 radical (unpaired) electrons. The summed E-state index contributed by atoms with van der Waals surface area (Å²) in [7, 11) is -2.48. The fraction of sp³-hybridized carbons (Fsp3) is 1.00. The Morgan fingerprint density at radius 3 is 1.61 bits per heavy atom. The molecule has 0 spiro atoms. The second-order valence-corrected chi connectivity index (χ2v) is 9.74. The first-order valence-corrected chi connectivity index (χ1v) is 11.0. The maximum absolute atomic E-state index is 5.99. The number of rotatable bonds is 10. The quantitative estimate of drug-likeness (QED) is 0.433. The Morgan fingerprint density at radius 1 is 0.783 bits per heavy atom. The Bertz CT molecular complexity index is 345. The molecule has 134 valence electrons. The SMILES string of the molecule is CCO[Si](CCC[N+]12CN3CN(CN(C3)C1)C2)(OCC)OCC. The van der Waals surface area contributed by atoms with E-state index in [0.29, 0.717) is 19.8 Å². The molecular formula is C15H33N4O3Si+. The van der Waals surface area contributed by atoms with Crippen LogP contribution in [0.25, 0.3) is 0 Å². The monoisotopic (exact) mass is 345 g/mol. The van der Waals surface area contributed by atoms with Gasteiger partial charge in [-0.05, 0) is 20.8 Å². The lowest BCUT2D eigenvalue weighted by molar-refractivity contribution is -0.980. The molecule has 23 heavy (non-hydrogen) atoms. The van der Waals surface area contributed by atoms with Crippen molar-refractivity contribution in [3.8, 4) is 0 Å². The van der Waals surface area contributed by atoms with Crippen molar-refractivity contribution >= 4 is 8.80 Å². The van der Waals surface area contributed by atoms with Gasteiger partial charge in [-0.25, -0.2) is 14.7 Å². The molecular weight excluding hydrogens is 312 g/mol. The lowest BCUT2D eigenvalue weighted by atomic mass is 10.2. The highest BCUT2D eigenvalue weighted by Crippen LogP contribution is 2.30. The smallest absolute Gasteiger partial charge is 0.374 e. The third kappa shape index (κ3) is 3.96. The van der Waals surface area contributed by atoms with Crippen molar-refractivity contribution in [3.63, 3.8) is 0 Å². The molecule has 0 N–H and O–H groups in total. The summed E-state index contributed by atoms with van der Waals surface area (Å²) in [6.45, 7) is 16.3. The predicted molar refractivity (Wildman–Crippen MR) is 89.9 cm³/mol. The average Bonchev–Trinajstić information content (AvgIpc) is 2.46. The van der Waals surface area contributed by atoms with Crippen LogP contribution in [0.2, 0.25) is 6.04 Å². The standard InChI is InChI=1S/C15H33N4O3Si/c1-4-20-23(21-5-2,22-6-3)9-7-8-19-13-16-10-17(14-19)12-18(11-16)15-19/h4-15H2,1-3H3/q+1. The van der Waals surface area contributed by atoms with Crippen LogP contribution >= 0.6 is 0 Å². The minimum absolute atomic E-state index is 0.668. The van der Waals surface area contributed by atoms with Crippen molar-refractivity contribution in [2.24, 2.45) is 0 Å². The van der Waals surface area contributed by atoms with E-state index < -0.39 is 8.80 Å². The second-order valence-electron chi connectivity index (χ2n) is 7.01. The molecule has 0 saturated carbocycles. The van der Waals surface area contributed by atoms with E-state index in [1.165, 1.54) is 31.0 Å². The van der Waals surface area contributed by atoms with Crippen LogP contribution in [-0.2, 0) is 13.3 Å². The van der Waals surface area contributed by atoms with Crippen molar-refractivity contribution < 1.29 is 17.8 Å². The largest absolute Gasteiger partial charge is 0.501 e. The van der Waals surface area contributed by atoms with Crippen LogP contribution in [-0.4, -0.2) is 94.4 Å². The van der Waals surface area contributed by atoms with E-state index in [0.717, 1.165) is 32.5 Å². The first kappa shape index (κ1) is 17.8. The van der Waals surface area contributed by atoms with Crippen LogP contribution < -0.4 is 0 Å². The number of hydrogen-bond acceptors (Lipinski definition) is 6. The molecule has 4 rings (SSSR count). The minimum atomic E-state index is -2.48.